The number of hydrogen-bond acceptors (Lipinski definition) is 3. The van der Waals surface area contributed by atoms with Gasteiger partial charge in [0.05, 0.1) is 6.10 Å². The van der Waals surface area contributed by atoms with Gasteiger partial charge in [-0.1, -0.05) is 6.92 Å². The number of rotatable bonds is 1. The quantitative estimate of drug-likeness (QED) is 0.644. The Bertz CT molecular complexity index is 481. The Morgan fingerprint density at radius 1 is 1.13 bits per heavy atom. The Morgan fingerprint density at radius 3 is 2.65 bits per heavy atom. The van der Waals surface area contributed by atoms with Crippen molar-refractivity contribution in [2.75, 3.05) is 6.61 Å². The first-order valence-electron chi connectivity index (χ1n) is 9.29. The number of aliphatic hydroxyl groups is 1. The van der Waals surface area contributed by atoms with Crippen molar-refractivity contribution in [1.82, 2.24) is 0 Å². The zero-order valence-electron chi connectivity index (χ0n) is 14.7. The molecule has 23 heavy (non-hydrogen) atoms. The molecule has 0 aromatic carbocycles. The monoisotopic (exact) mass is 390 g/mol. The second-order valence-electron chi connectivity index (χ2n) is 8.91. The van der Waals surface area contributed by atoms with Crippen LogP contribution in [0.15, 0.2) is 0 Å². The molecule has 3 nitrogen and oxygen atoms in total. The van der Waals surface area contributed by atoms with Gasteiger partial charge < -0.3 is 10.2 Å². The normalized spacial score (nSPS) is 52.1. The second-order valence-corrected chi connectivity index (χ2v) is 8.91. The molecule has 0 heterocycles. The molecule has 0 bridgehead atoms. The summed E-state index contributed by atoms with van der Waals surface area (Å²) in [6, 6.07) is 0. The van der Waals surface area contributed by atoms with Crippen molar-refractivity contribution in [2.24, 2.45) is 34.5 Å². The van der Waals surface area contributed by atoms with Crippen molar-refractivity contribution < 1.29 is 73.2 Å². The summed E-state index contributed by atoms with van der Waals surface area (Å²) >= 11 is 0. The molecule has 4 fully saturated rings. The van der Waals surface area contributed by atoms with Gasteiger partial charge in [0.1, 0.15) is 5.78 Å². The number of ketones is 1. The predicted molar refractivity (Wildman–Crippen MR) is 81.9 cm³/mol. The first-order valence-corrected chi connectivity index (χ1v) is 9.29. The van der Waals surface area contributed by atoms with Crippen LogP contribution in [0.3, 0.4) is 0 Å². The minimum absolute atomic E-state index is 0. The third kappa shape index (κ3) is 2.75. The number of carbonyl (C=O) groups is 1. The van der Waals surface area contributed by atoms with Crippen LogP contribution in [0.5, 0.6) is 0 Å². The fourth-order valence-corrected chi connectivity index (χ4v) is 7.10. The van der Waals surface area contributed by atoms with E-state index < -0.39 is 0 Å². The van der Waals surface area contributed by atoms with Crippen LogP contribution in [0.4, 0.5) is 0 Å². The molecule has 4 rings (SSSR count). The van der Waals surface area contributed by atoms with Crippen LogP contribution in [-0.2, 0) is 4.79 Å². The van der Waals surface area contributed by atoms with Gasteiger partial charge >= 0.3 is 58.2 Å². The van der Waals surface area contributed by atoms with E-state index in [4.69, 9.17) is 0 Å². The minimum Gasteiger partial charge on any atom is -0.854 e. The van der Waals surface area contributed by atoms with E-state index >= 15 is 0 Å². The number of hydrogen-bond donors (Lipinski definition) is 1. The van der Waals surface area contributed by atoms with Crippen LogP contribution in [0.25, 0.3) is 0 Å². The third-order valence-corrected chi connectivity index (χ3v) is 8.40. The van der Waals surface area contributed by atoms with Crippen LogP contribution in [-0.4, -0.2) is 23.6 Å². The smallest absolute Gasteiger partial charge is 0.854 e. The topological polar surface area (TPSA) is 60.4 Å². The summed E-state index contributed by atoms with van der Waals surface area (Å²) in [5.74, 6) is 2.46. The maximum atomic E-state index is 12.3. The maximum Gasteiger partial charge on any atom is 1.00 e. The number of Topliss-reactive ketones (excluding diaryl/α,β-unsaturated/α-hetero) is 1. The van der Waals surface area contributed by atoms with Gasteiger partial charge in [-0.2, -0.15) is 0 Å². The SMILES string of the molecule is CC12CCC3C(CCC4CC(=O)CCC43C[O-])C1CCC2O.[Rb+]. The van der Waals surface area contributed by atoms with E-state index in [9.17, 15) is 15.0 Å². The van der Waals surface area contributed by atoms with E-state index in [-0.39, 0.29) is 81.7 Å². The first kappa shape index (κ1) is 19.2. The molecule has 124 valence electrons. The zero-order valence-corrected chi connectivity index (χ0v) is 19.6. The summed E-state index contributed by atoms with van der Waals surface area (Å²) in [5, 5.41) is 22.7. The minimum atomic E-state index is -0.146. The molecule has 0 aromatic rings. The first-order chi connectivity index (χ1) is 10.5. The molecule has 7 unspecified atom stereocenters. The van der Waals surface area contributed by atoms with E-state index in [0.717, 1.165) is 38.5 Å². The third-order valence-electron chi connectivity index (χ3n) is 8.40. The second kappa shape index (κ2) is 6.85. The fourth-order valence-electron chi connectivity index (χ4n) is 7.10. The summed E-state index contributed by atoms with van der Waals surface area (Å²) < 4.78 is 0. The largest absolute Gasteiger partial charge is 1.00 e. The van der Waals surface area contributed by atoms with E-state index in [1.165, 1.54) is 6.42 Å². The van der Waals surface area contributed by atoms with Gasteiger partial charge in [-0.05, 0) is 79.4 Å². The Balaban J connectivity index is 0.00000156. The predicted octanol–water partition coefficient (Wildman–Crippen LogP) is -0.696. The van der Waals surface area contributed by atoms with Crippen molar-refractivity contribution >= 4 is 5.78 Å². The Kier molecular flexibility index (Phi) is 5.71. The van der Waals surface area contributed by atoms with Gasteiger partial charge in [-0.15, -0.1) is 6.61 Å². The average molecular weight is 391 g/mol. The maximum absolute atomic E-state index is 12.3. The van der Waals surface area contributed by atoms with Crippen molar-refractivity contribution in [3.8, 4) is 0 Å². The van der Waals surface area contributed by atoms with Crippen molar-refractivity contribution in [2.45, 2.75) is 70.8 Å². The summed E-state index contributed by atoms with van der Waals surface area (Å²) in [7, 11) is 0. The van der Waals surface area contributed by atoms with Crippen molar-refractivity contribution in [1.29, 1.82) is 0 Å². The average Bonchev–Trinajstić information content (AvgIpc) is 2.82. The van der Waals surface area contributed by atoms with Crippen LogP contribution in [0, 0.1) is 34.5 Å². The molecule has 0 aromatic heterocycles. The Labute approximate surface area is 188 Å². The standard InChI is InChI=1S/C19H29O3.Rb/c1-18-8-7-16-14(15(18)4-5-17(18)22)3-2-12-10-13(21)6-9-19(12,16)11-20;/h12,14-17,22H,2-11H2,1H3;/q-1;+1. The summed E-state index contributed by atoms with van der Waals surface area (Å²) in [4.78, 5) is 11.9. The van der Waals surface area contributed by atoms with E-state index in [1.54, 1.807) is 0 Å². The van der Waals surface area contributed by atoms with Crippen LogP contribution >= 0.6 is 0 Å². The summed E-state index contributed by atoms with van der Waals surface area (Å²) in [5.41, 5.74) is -0.0196. The van der Waals surface area contributed by atoms with Crippen LogP contribution < -0.4 is 63.3 Å². The molecule has 0 aliphatic heterocycles. The van der Waals surface area contributed by atoms with Crippen molar-refractivity contribution in [3.05, 3.63) is 0 Å². The van der Waals surface area contributed by atoms with Gasteiger partial charge in [0.25, 0.3) is 0 Å². The van der Waals surface area contributed by atoms with E-state index in [0.29, 0.717) is 42.3 Å². The number of aliphatic hydroxyl groups excluding tert-OH is 1. The molecule has 4 aliphatic carbocycles. The molecule has 4 heteroatoms. The molecule has 7 atom stereocenters. The zero-order chi connectivity index (χ0) is 15.5. The summed E-state index contributed by atoms with van der Waals surface area (Å²) in [6.07, 6.45) is 8.48. The molecule has 0 spiro atoms. The molecular weight excluding hydrogens is 362 g/mol. The molecular formula is C19H29O3Rb. The van der Waals surface area contributed by atoms with E-state index in [1.807, 2.05) is 0 Å². The van der Waals surface area contributed by atoms with Gasteiger partial charge in [0.15, 0.2) is 0 Å². The van der Waals surface area contributed by atoms with Crippen molar-refractivity contribution in [3.63, 3.8) is 0 Å². The van der Waals surface area contributed by atoms with Gasteiger partial charge in [-0.25, -0.2) is 0 Å². The molecule has 0 amide bonds. The molecule has 0 saturated heterocycles. The fraction of sp³-hybridized carbons (Fsp3) is 0.947. The molecule has 0 radical (unpaired) electrons. The summed E-state index contributed by atoms with van der Waals surface area (Å²) in [6.45, 7) is 2.30. The Morgan fingerprint density at radius 2 is 1.91 bits per heavy atom. The molecule has 1 N–H and O–H groups in total. The van der Waals surface area contributed by atoms with Crippen LogP contribution in [0.2, 0.25) is 0 Å². The number of fused-ring (bicyclic) bond motifs is 5. The van der Waals surface area contributed by atoms with E-state index in [2.05, 4.69) is 6.92 Å². The number of carbonyl (C=O) groups excluding carboxylic acids is 1. The Hall–Kier alpha value is 1.40. The van der Waals surface area contributed by atoms with Gasteiger partial charge in [0.2, 0.25) is 0 Å². The molecule has 4 saturated carbocycles. The van der Waals surface area contributed by atoms with Crippen LogP contribution in [0.1, 0.15) is 64.7 Å². The molecule has 4 aliphatic rings. The van der Waals surface area contributed by atoms with Gasteiger partial charge in [0, 0.05) is 12.8 Å². The van der Waals surface area contributed by atoms with Gasteiger partial charge in [-0.3, -0.25) is 4.79 Å².